The molecule has 1 rings (SSSR count). The molecule has 0 atom stereocenters. The first-order chi connectivity index (χ1) is 6.15. The van der Waals surface area contributed by atoms with Crippen LogP contribution < -0.4 is 5.46 Å². The number of oxime groups is 1. The zero-order valence-electron chi connectivity index (χ0n) is 6.55. The van der Waals surface area contributed by atoms with E-state index in [0.717, 1.165) is 0 Å². The lowest BCUT2D eigenvalue weighted by atomic mass is 9.79. The minimum atomic E-state index is -1.63. The van der Waals surface area contributed by atoms with E-state index in [2.05, 4.69) is 5.16 Å². The molecular weight excluding hydrogens is 192 g/mol. The highest BCUT2D eigenvalue weighted by atomic mass is 35.5. The molecule has 0 radical (unpaired) electrons. The van der Waals surface area contributed by atoms with E-state index in [4.69, 9.17) is 26.9 Å². The van der Waals surface area contributed by atoms with Gasteiger partial charge in [-0.2, -0.15) is 0 Å². The number of hydrogen-bond acceptors (Lipinski definition) is 4. The van der Waals surface area contributed by atoms with Gasteiger partial charge < -0.3 is 15.3 Å². The van der Waals surface area contributed by atoms with Crippen LogP contribution in [0.1, 0.15) is 5.56 Å². The number of hydrogen-bond donors (Lipinski definition) is 3. The lowest BCUT2D eigenvalue weighted by Gasteiger charge is -2.02. The van der Waals surface area contributed by atoms with Gasteiger partial charge in [0, 0.05) is 10.5 Å². The van der Waals surface area contributed by atoms with Crippen molar-refractivity contribution in [1.29, 1.82) is 0 Å². The molecule has 0 amide bonds. The van der Waals surface area contributed by atoms with Gasteiger partial charge in [0.05, 0.1) is 6.21 Å². The third-order valence-corrected chi connectivity index (χ3v) is 1.85. The molecule has 0 heterocycles. The van der Waals surface area contributed by atoms with Crippen LogP contribution in [-0.4, -0.2) is 28.6 Å². The van der Waals surface area contributed by atoms with E-state index in [1.807, 2.05) is 0 Å². The minimum absolute atomic E-state index is 0.180. The highest BCUT2D eigenvalue weighted by Gasteiger charge is 2.14. The molecule has 1 aromatic carbocycles. The fourth-order valence-electron chi connectivity index (χ4n) is 0.907. The zero-order valence-corrected chi connectivity index (χ0v) is 7.31. The topological polar surface area (TPSA) is 73.1 Å². The first kappa shape index (κ1) is 10.0. The Morgan fingerprint density at radius 2 is 2.08 bits per heavy atom. The third kappa shape index (κ3) is 2.45. The van der Waals surface area contributed by atoms with Crippen LogP contribution in [0.5, 0.6) is 0 Å². The van der Waals surface area contributed by atoms with Crippen LogP contribution in [0.15, 0.2) is 23.4 Å². The van der Waals surface area contributed by atoms with Gasteiger partial charge in [-0.15, -0.1) is 0 Å². The van der Waals surface area contributed by atoms with E-state index < -0.39 is 7.12 Å². The molecule has 0 aliphatic carbocycles. The largest absolute Gasteiger partial charge is 0.489 e. The van der Waals surface area contributed by atoms with E-state index in [1.165, 1.54) is 18.3 Å². The lowest BCUT2D eigenvalue weighted by Crippen LogP contribution is -2.31. The van der Waals surface area contributed by atoms with Crippen molar-refractivity contribution >= 4 is 30.4 Å². The summed E-state index contributed by atoms with van der Waals surface area (Å²) in [6.45, 7) is 0. The highest BCUT2D eigenvalue weighted by molar-refractivity contribution is 6.62. The predicted octanol–water partition coefficient (Wildman–Crippen LogP) is -0.172. The van der Waals surface area contributed by atoms with Crippen molar-refractivity contribution in [2.24, 2.45) is 5.16 Å². The van der Waals surface area contributed by atoms with Crippen LogP contribution in [0.3, 0.4) is 0 Å². The molecule has 1 aromatic rings. The minimum Gasteiger partial charge on any atom is -0.423 e. The number of benzene rings is 1. The predicted molar refractivity (Wildman–Crippen MR) is 50.7 cm³/mol. The molecule has 3 N–H and O–H groups in total. The molecule has 4 nitrogen and oxygen atoms in total. The van der Waals surface area contributed by atoms with Crippen molar-refractivity contribution < 1.29 is 15.3 Å². The second-order valence-corrected chi connectivity index (χ2v) is 2.81. The van der Waals surface area contributed by atoms with Gasteiger partial charge >= 0.3 is 7.12 Å². The Hall–Kier alpha value is -1.04. The second-order valence-electron chi connectivity index (χ2n) is 2.40. The van der Waals surface area contributed by atoms with E-state index in [9.17, 15) is 0 Å². The van der Waals surface area contributed by atoms with Crippen LogP contribution in [-0.2, 0) is 0 Å². The molecule has 0 saturated carbocycles. The van der Waals surface area contributed by atoms with Crippen molar-refractivity contribution in [3.8, 4) is 0 Å². The summed E-state index contributed by atoms with van der Waals surface area (Å²) in [7, 11) is -1.63. The average molecular weight is 199 g/mol. The standard InChI is InChI=1S/C7H7BClNO3/c9-7-2-1-5(4-10-13)3-6(7)8(11)12/h1-4,11-13H/b10-4-. The number of nitrogens with zero attached hydrogens (tertiary/aromatic N) is 1. The van der Waals surface area contributed by atoms with E-state index in [0.29, 0.717) is 5.56 Å². The Kier molecular flexibility index (Phi) is 3.30. The van der Waals surface area contributed by atoms with Crippen molar-refractivity contribution in [1.82, 2.24) is 0 Å². The van der Waals surface area contributed by atoms with E-state index in [-0.39, 0.29) is 10.5 Å². The molecule has 0 aliphatic heterocycles. The van der Waals surface area contributed by atoms with Gasteiger partial charge in [0.2, 0.25) is 0 Å². The molecule has 0 bridgehead atoms. The molecule has 0 aromatic heterocycles. The highest BCUT2D eigenvalue weighted by Crippen LogP contribution is 2.06. The van der Waals surface area contributed by atoms with Gasteiger partial charge in [-0.1, -0.05) is 28.9 Å². The summed E-state index contributed by atoms with van der Waals surface area (Å²) in [5, 5.41) is 29.0. The van der Waals surface area contributed by atoms with E-state index in [1.54, 1.807) is 6.07 Å². The van der Waals surface area contributed by atoms with Crippen LogP contribution in [0.25, 0.3) is 0 Å². The van der Waals surface area contributed by atoms with Gasteiger partial charge in [-0.25, -0.2) is 0 Å². The summed E-state index contributed by atoms with van der Waals surface area (Å²) >= 11 is 5.66. The lowest BCUT2D eigenvalue weighted by molar-refractivity contribution is 0.322. The van der Waals surface area contributed by atoms with Crippen LogP contribution in [0.2, 0.25) is 5.02 Å². The van der Waals surface area contributed by atoms with Crippen molar-refractivity contribution in [3.05, 3.63) is 28.8 Å². The Morgan fingerprint density at radius 3 is 2.62 bits per heavy atom. The van der Waals surface area contributed by atoms with Gasteiger partial charge in [0.15, 0.2) is 0 Å². The maximum absolute atomic E-state index is 8.86. The van der Waals surface area contributed by atoms with Gasteiger partial charge in [-0.3, -0.25) is 0 Å². The zero-order chi connectivity index (χ0) is 9.84. The molecule has 0 fully saturated rings. The molecule has 0 aliphatic rings. The van der Waals surface area contributed by atoms with Crippen LogP contribution >= 0.6 is 11.6 Å². The molecule has 0 saturated heterocycles. The monoisotopic (exact) mass is 199 g/mol. The first-order valence-electron chi connectivity index (χ1n) is 3.48. The molecule has 68 valence electrons. The molecule has 0 unspecified atom stereocenters. The van der Waals surface area contributed by atoms with E-state index >= 15 is 0 Å². The third-order valence-electron chi connectivity index (χ3n) is 1.51. The average Bonchev–Trinajstić information content (AvgIpc) is 2.08. The summed E-state index contributed by atoms with van der Waals surface area (Å²) in [5.74, 6) is 0. The maximum Gasteiger partial charge on any atom is 0.489 e. The Morgan fingerprint density at radius 1 is 1.38 bits per heavy atom. The number of rotatable bonds is 2. The second kappa shape index (κ2) is 4.27. The quantitative estimate of drug-likeness (QED) is 0.268. The van der Waals surface area contributed by atoms with Gasteiger partial charge in [0.1, 0.15) is 0 Å². The summed E-state index contributed by atoms with van der Waals surface area (Å²) in [5.41, 5.74) is 0.717. The van der Waals surface area contributed by atoms with Gasteiger partial charge in [-0.05, 0) is 11.6 Å². The molecule has 13 heavy (non-hydrogen) atoms. The Labute approximate surface area is 80.2 Å². The van der Waals surface area contributed by atoms with Crippen LogP contribution in [0, 0.1) is 0 Å². The van der Waals surface area contributed by atoms with Crippen molar-refractivity contribution in [2.45, 2.75) is 0 Å². The Balaban J connectivity index is 3.11. The van der Waals surface area contributed by atoms with Crippen LogP contribution in [0.4, 0.5) is 0 Å². The SMILES string of the molecule is O/N=C\c1ccc(Cl)c(B(O)O)c1. The smallest absolute Gasteiger partial charge is 0.423 e. The molecule has 6 heteroatoms. The summed E-state index contributed by atoms with van der Waals surface area (Å²) < 4.78 is 0. The number of halogens is 1. The van der Waals surface area contributed by atoms with Crippen molar-refractivity contribution in [3.63, 3.8) is 0 Å². The summed E-state index contributed by atoms with van der Waals surface area (Å²) in [6, 6.07) is 4.51. The fourth-order valence-corrected chi connectivity index (χ4v) is 1.12. The summed E-state index contributed by atoms with van der Waals surface area (Å²) in [4.78, 5) is 0. The fraction of sp³-hybridized carbons (Fsp3) is 0. The molecular formula is C7H7BClNO3. The van der Waals surface area contributed by atoms with Crippen molar-refractivity contribution in [2.75, 3.05) is 0 Å². The van der Waals surface area contributed by atoms with Gasteiger partial charge in [0.25, 0.3) is 0 Å². The maximum atomic E-state index is 8.86. The normalized spacial score (nSPS) is 10.7. The summed E-state index contributed by atoms with van der Waals surface area (Å²) in [6.07, 6.45) is 1.17. The molecule has 0 spiro atoms. The first-order valence-corrected chi connectivity index (χ1v) is 3.86. The Bertz CT molecular complexity index is 330.